The van der Waals surface area contributed by atoms with Gasteiger partial charge in [0, 0.05) is 17.5 Å². The normalized spacial score (nSPS) is 22.1. The molecule has 0 bridgehead atoms. The Morgan fingerprint density at radius 1 is 1.53 bits per heavy atom. The fourth-order valence-electron chi connectivity index (χ4n) is 2.11. The van der Waals surface area contributed by atoms with E-state index in [-0.39, 0.29) is 12.6 Å². The number of aliphatic hydroxyl groups is 1. The largest absolute Gasteiger partial charge is 0.395 e. The van der Waals surface area contributed by atoms with Gasteiger partial charge >= 0.3 is 0 Å². The highest BCUT2D eigenvalue weighted by molar-refractivity contribution is 7.91. The maximum Gasteiger partial charge on any atom is 0.252 e. The lowest BCUT2D eigenvalue weighted by atomic mass is 10.2. The Labute approximate surface area is 106 Å². The highest BCUT2D eigenvalue weighted by Crippen LogP contribution is 2.30. The van der Waals surface area contributed by atoms with Gasteiger partial charge in [-0.15, -0.1) is 11.3 Å². The van der Waals surface area contributed by atoms with E-state index in [1.54, 1.807) is 6.07 Å². The summed E-state index contributed by atoms with van der Waals surface area (Å²) < 4.78 is 26.6. The number of nitrogens with zero attached hydrogens (tertiary/aromatic N) is 1. The molecule has 1 aliphatic heterocycles. The van der Waals surface area contributed by atoms with Crippen molar-refractivity contribution in [3.63, 3.8) is 0 Å². The van der Waals surface area contributed by atoms with Crippen LogP contribution in [0.5, 0.6) is 0 Å². The van der Waals surface area contributed by atoms with Gasteiger partial charge in [-0.1, -0.05) is 6.92 Å². The molecule has 0 aromatic carbocycles. The molecule has 0 amide bonds. The van der Waals surface area contributed by atoms with Gasteiger partial charge in [-0.05, 0) is 31.4 Å². The summed E-state index contributed by atoms with van der Waals surface area (Å²) in [4.78, 5) is 1.07. The van der Waals surface area contributed by atoms with Crippen LogP contribution in [0.4, 0.5) is 0 Å². The van der Waals surface area contributed by atoms with Crippen molar-refractivity contribution in [1.29, 1.82) is 0 Å². The lowest BCUT2D eigenvalue weighted by Crippen LogP contribution is -2.37. The lowest BCUT2D eigenvalue weighted by Gasteiger charge is -2.21. The summed E-state index contributed by atoms with van der Waals surface area (Å²) in [5.41, 5.74) is 0. The minimum atomic E-state index is -3.40. The first-order valence-corrected chi connectivity index (χ1v) is 8.06. The third-order valence-electron chi connectivity index (χ3n) is 3.08. The second-order valence-electron chi connectivity index (χ2n) is 4.17. The Morgan fingerprint density at radius 2 is 2.29 bits per heavy atom. The second kappa shape index (κ2) is 5.06. The summed E-state index contributed by atoms with van der Waals surface area (Å²) in [7, 11) is -3.40. The SMILES string of the molecule is CCc1ccc(S(=O)(=O)N2CCC[C@H]2CO)s1. The molecule has 1 saturated heterocycles. The average Bonchev–Trinajstić information content (AvgIpc) is 2.97. The zero-order chi connectivity index (χ0) is 12.5. The molecule has 6 heteroatoms. The smallest absolute Gasteiger partial charge is 0.252 e. The quantitative estimate of drug-likeness (QED) is 0.905. The van der Waals surface area contributed by atoms with Crippen LogP contribution in [-0.4, -0.2) is 37.0 Å². The van der Waals surface area contributed by atoms with Crippen molar-refractivity contribution in [1.82, 2.24) is 4.31 Å². The molecule has 0 spiro atoms. The van der Waals surface area contributed by atoms with Gasteiger partial charge in [-0.2, -0.15) is 4.31 Å². The van der Waals surface area contributed by atoms with Crippen LogP contribution < -0.4 is 0 Å². The fourth-order valence-corrected chi connectivity index (χ4v) is 5.22. The van der Waals surface area contributed by atoms with Gasteiger partial charge < -0.3 is 5.11 Å². The first-order valence-electron chi connectivity index (χ1n) is 5.81. The molecule has 4 nitrogen and oxygen atoms in total. The average molecular weight is 275 g/mol. The Balaban J connectivity index is 2.29. The number of thiophene rings is 1. The van der Waals surface area contributed by atoms with Gasteiger partial charge in [0.05, 0.1) is 6.61 Å². The van der Waals surface area contributed by atoms with Gasteiger partial charge in [0.15, 0.2) is 0 Å². The fraction of sp³-hybridized carbons (Fsp3) is 0.636. The number of hydrogen-bond donors (Lipinski definition) is 1. The van der Waals surface area contributed by atoms with E-state index >= 15 is 0 Å². The highest BCUT2D eigenvalue weighted by atomic mass is 32.2. The second-order valence-corrected chi connectivity index (χ2v) is 7.45. The van der Waals surface area contributed by atoms with Gasteiger partial charge in [-0.3, -0.25) is 0 Å². The molecular formula is C11H17NO3S2. The molecule has 2 heterocycles. The molecule has 1 aromatic rings. The van der Waals surface area contributed by atoms with Crippen LogP contribution in [0.2, 0.25) is 0 Å². The van der Waals surface area contributed by atoms with Crippen LogP contribution in [0.3, 0.4) is 0 Å². The maximum atomic E-state index is 12.4. The van der Waals surface area contributed by atoms with Gasteiger partial charge in [-0.25, -0.2) is 8.42 Å². The summed E-state index contributed by atoms with van der Waals surface area (Å²) >= 11 is 1.33. The summed E-state index contributed by atoms with van der Waals surface area (Å²) in [6.07, 6.45) is 2.43. The predicted molar refractivity (Wildman–Crippen MR) is 67.7 cm³/mol. The molecule has 1 aliphatic rings. The number of aliphatic hydroxyl groups excluding tert-OH is 1. The van der Waals surface area contributed by atoms with Gasteiger partial charge in [0.2, 0.25) is 0 Å². The van der Waals surface area contributed by atoms with Crippen molar-refractivity contribution in [2.75, 3.05) is 13.2 Å². The zero-order valence-corrected chi connectivity index (χ0v) is 11.4. The van der Waals surface area contributed by atoms with Crippen LogP contribution in [0, 0.1) is 0 Å². The van der Waals surface area contributed by atoms with Crippen LogP contribution in [0.15, 0.2) is 16.3 Å². The van der Waals surface area contributed by atoms with E-state index in [4.69, 9.17) is 0 Å². The van der Waals surface area contributed by atoms with Crippen LogP contribution in [0.25, 0.3) is 0 Å². The third-order valence-corrected chi connectivity index (χ3v) is 6.73. The Kier molecular flexibility index (Phi) is 3.87. The molecule has 1 aromatic heterocycles. The Hall–Kier alpha value is -0.430. The van der Waals surface area contributed by atoms with E-state index < -0.39 is 10.0 Å². The number of sulfonamides is 1. The summed E-state index contributed by atoms with van der Waals surface area (Å²) in [6, 6.07) is 3.29. The van der Waals surface area contributed by atoms with E-state index in [0.717, 1.165) is 24.1 Å². The minimum Gasteiger partial charge on any atom is -0.395 e. The van der Waals surface area contributed by atoms with Crippen molar-refractivity contribution in [2.45, 2.75) is 36.4 Å². The van der Waals surface area contributed by atoms with Crippen LogP contribution >= 0.6 is 11.3 Å². The van der Waals surface area contributed by atoms with Gasteiger partial charge in [0.25, 0.3) is 10.0 Å². The molecule has 1 fully saturated rings. The molecule has 1 atom stereocenters. The van der Waals surface area contributed by atoms with E-state index in [2.05, 4.69) is 0 Å². The van der Waals surface area contributed by atoms with Gasteiger partial charge in [0.1, 0.15) is 4.21 Å². The summed E-state index contributed by atoms with van der Waals surface area (Å²) in [5.74, 6) is 0. The predicted octanol–water partition coefficient (Wildman–Crippen LogP) is 1.46. The summed E-state index contributed by atoms with van der Waals surface area (Å²) in [5, 5.41) is 9.20. The molecule has 0 aliphatic carbocycles. The molecule has 0 unspecified atom stereocenters. The first kappa shape index (κ1) is 13.0. The Bertz CT molecular complexity index is 481. The number of hydrogen-bond acceptors (Lipinski definition) is 4. The van der Waals surface area contributed by atoms with Crippen molar-refractivity contribution in [3.8, 4) is 0 Å². The molecular weight excluding hydrogens is 258 g/mol. The molecule has 2 rings (SSSR count). The Morgan fingerprint density at radius 3 is 2.88 bits per heavy atom. The first-order chi connectivity index (χ1) is 8.09. The molecule has 0 saturated carbocycles. The van der Waals surface area contributed by atoms with E-state index in [0.29, 0.717) is 10.8 Å². The third kappa shape index (κ3) is 2.40. The summed E-state index contributed by atoms with van der Waals surface area (Å²) in [6.45, 7) is 2.44. The van der Waals surface area contributed by atoms with Crippen molar-refractivity contribution < 1.29 is 13.5 Å². The van der Waals surface area contributed by atoms with Crippen molar-refractivity contribution in [3.05, 3.63) is 17.0 Å². The topological polar surface area (TPSA) is 57.6 Å². The van der Waals surface area contributed by atoms with E-state index in [1.807, 2.05) is 13.0 Å². The van der Waals surface area contributed by atoms with E-state index in [9.17, 15) is 13.5 Å². The van der Waals surface area contributed by atoms with E-state index in [1.165, 1.54) is 15.6 Å². The zero-order valence-electron chi connectivity index (χ0n) is 9.80. The van der Waals surface area contributed by atoms with Crippen molar-refractivity contribution >= 4 is 21.4 Å². The molecule has 96 valence electrons. The molecule has 0 radical (unpaired) electrons. The number of aryl methyl sites for hydroxylation is 1. The minimum absolute atomic E-state index is 0.0920. The number of rotatable bonds is 4. The lowest BCUT2D eigenvalue weighted by molar-refractivity contribution is 0.213. The van der Waals surface area contributed by atoms with Crippen molar-refractivity contribution in [2.24, 2.45) is 0 Å². The monoisotopic (exact) mass is 275 g/mol. The maximum absolute atomic E-state index is 12.4. The van der Waals surface area contributed by atoms with Crippen LogP contribution in [-0.2, 0) is 16.4 Å². The molecule has 1 N–H and O–H groups in total. The highest BCUT2D eigenvalue weighted by Gasteiger charge is 2.35. The van der Waals surface area contributed by atoms with Crippen LogP contribution in [0.1, 0.15) is 24.6 Å². The standard InChI is InChI=1S/C11H17NO3S2/c1-2-10-5-6-11(16-10)17(14,15)12-7-3-4-9(12)8-13/h5-6,9,13H,2-4,7-8H2,1H3/t9-/m0/s1. The molecule has 17 heavy (non-hydrogen) atoms.